The third kappa shape index (κ3) is 3.39. The zero-order valence-electron chi connectivity index (χ0n) is 9.71. The zero-order valence-corrected chi connectivity index (χ0v) is 12.6. The Labute approximate surface area is 131 Å². The van der Waals surface area contributed by atoms with Crippen LogP contribution in [0.3, 0.4) is 0 Å². The van der Waals surface area contributed by atoms with E-state index >= 15 is 0 Å². The molecule has 0 saturated carbocycles. The first-order chi connectivity index (χ1) is 9.47. The van der Waals surface area contributed by atoms with Gasteiger partial charge in [0.25, 0.3) is 11.6 Å². The highest BCUT2D eigenvalue weighted by Gasteiger charge is 2.16. The van der Waals surface area contributed by atoms with Gasteiger partial charge in [-0.05, 0) is 34.7 Å². The smallest absolute Gasteiger partial charge is 0.270 e. The number of rotatable bonds is 3. The first kappa shape index (κ1) is 14.6. The Bertz CT molecular complexity index is 695. The van der Waals surface area contributed by atoms with Crippen LogP contribution < -0.4 is 5.32 Å². The summed E-state index contributed by atoms with van der Waals surface area (Å²) in [6.07, 6.45) is 1.39. The molecule has 0 spiro atoms. The van der Waals surface area contributed by atoms with Gasteiger partial charge in [0, 0.05) is 21.9 Å². The van der Waals surface area contributed by atoms with Crippen molar-refractivity contribution >= 4 is 51.7 Å². The van der Waals surface area contributed by atoms with Crippen LogP contribution in [0.25, 0.3) is 0 Å². The summed E-state index contributed by atoms with van der Waals surface area (Å²) >= 11 is 7.59. The summed E-state index contributed by atoms with van der Waals surface area (Å²) in [4.78, 5) is 29.9. The maximum absolute atomic E-state index is 12.1. The highest BCUT2D eigenvalue weighted by atomic mass is 127. The van der Waals surface area contributed by atoms with Crippen molar-refractivity contribution in [2.24, 2.45) is 0 Å². The number of aromatic nitrogens is 2. The van der Waals surface area contributed by atoms with E-state index in [1.807, 2.05) is 22.6 Å². The summed E-state index contributed by atoms with van der Waals surface area (Å²) < 4.78 is 0.577. The predicted molar refractivity (Wildman–Crippen MR) is 80.8 cm³/mol. The molecule has 0 bridgehead atoms. The fourth-order valence-electron chi connectivity index (χ4n) is 1.37. The highest BCUT2D eigenvalue weighted by Crippen LogP contribution is 2.20. The molecule has 102 valence electrons. The molecule has 0 atom stereocenters. The van der Waals surface area contributed by atoms with Gasteiger partial charge < -0.3 is 0 Å². The van der Waals surface area contributed by atoms with E-state index in [2.05, 4.69) is 15.3 Å². The summed E-state index contributed by atoms with van der Waals surface area (Å²) in [5.74, 6) is -0.509. The Balaban J connectivity index is 2.29. The van der Waals surface area contributed by atoms with Crippen LogP contribution in [0.5, 0.6) is 0 Å². The monoisotopic (exact) mass is 404 g/mol. The number of nitrogens with zero attached hydrogens (tertiary/aromatic N) is 3. The van der Waals surface area contributed by atoms with Gasteiger partial charge in [0.15, 0.2) is 0 Å². The number of anilines is 1. The summed E-state index contributed by atoms with van der Waals surface area (Å²) in [6.45, 7) is 0. The lowest BCUT2D eigenvalue weighted by molar-refractivity contribution is -0.384. The van der Waals surface area contributed by atoms with Crippen molar-refractivity contribution in [1.29, 1.82) is 0 Å². The lowest BCUT2D eigenvalue weighted by Gasteiger charge is -2.05. The Morgan fingerprint density at radius 1 is 1.40 bits per heavy atom. The lowest BCUT2D eigenvalue weighted by Crippen LogP contribution is -2.15. The van der Waals surface area contributed by atoms with Crippen molar-refractivity contribution in [1.82, 2.24) is 9.97 Å². The van der Waals surface area contributed by atoms with Crippen molar-refractivity contribution in [3.63, 3.8) is 0 Å². The van der Waals surface area contributed by atoms with Crippen LogP contribution in [0, 0.1) is 13.7 Å². The number of nitro groups is 1. The molecule has 0 fully saturated rings. The van der Waals surface area contributed by atoms with Crippen molar-refractivity contribution in [3.05, 3.63) is 54.9 Å². The Kier molecular flexibility index (Phi) is 4.45. The Morgan fingerprint density at radius 3 is 2.80 bits per heavy atom. The summed E-state index contributed by atoms with van der Waals surface area (Å²) in [7, 11) is 0. The van der Waals surface area contributed by atoms with Gasteiger partial charge >= 0.3 is 0 Å². The fraction of sp³-hybridized carbons (Fsp3) is 0. The number of halogens is 2. The molecule has 0 saturated heterocycles. The standard InChI is InChI=1S/C11H6ClIN4O3/c12-9-3-4-14-11(15-9)16-10(18)7-5-6(17(19)20)1-2-8(7)13/h1-5H,(H,14,15,16,18). The van der Waals surface area contributed by atoms with E-state index in [0.717, 1.165) is 0 Å². The minimum absolute atomic E-state index is 0.0322. The zero-order chi connectivity index (χ0) is 14.7. The predicted octanol–water partition coefficient (Wildman–Crippen LogP) is 2.90. The molecule has 1 aromatic heterocycles. The average molecular weight is 405 g/mol. The van der Waals surface area contributed by atoms with Crippen LogP contribution in [-0.4, -0.2) is 20.8 Å². The third-order valence-electron chi connectivity index (χ3n) is 2.25. The van der Waals surface area contributed by atoms with Gasteiger partial charge in [-0.15, -0.1) is 0 Å². The first-order valence-electron chi connectivity index (χ1n) is 5.21. The highest BCUT2D eigenvalue weighted by molar-refractivity contribution is 14.1. The van der Waals surface area contributed by atoms with Gasteiger partial charge in [0.2, 0.25) is 5.95 Å². The number of nitro benzene ring substituents is 1. The number of nitrogens with one attached hydrogen (secondary N) is 1. The van der Waals surface area contributed by atoms with Crippen LogP contribution in [0.4, 0.5) is 11.6 Å². The van der Waals surface area contributed by atoms with Gasteiger partial charge in [0.1, 0.15) is 5.15 Å². The number of hydrogen-bond acceptors (Lipinski definition) is 5. The average Bonchev–Trinajstić information content (AvgIpc) is 2.38. The number of non-ortho nitro benzene ring substituents is 1. The number of benzene rings is 1. The minimum Gasteiger partial charge on any atom is -0.290 e. The van der Waals surface area contributed by atoms with Crippen LogP contribution in [0.2, 0.25) is 5.15 Å². The molecule has 0 aliphatic carbocycles. The molecule has 7 nitrogen and oxygen atoms in total. The molecule has 1 N–H and O–H groups in total. The fourth-order valence-corrected chi connectivity index (χ4v) is 2.08. The molecule has 1 aromatic carbocycles. The van der Waals surface area contributed by atoms with Gasteiger partial charge in [0.05, 0.1) is 10.5 Å². The largest absolute Gasteiger partial charge is 0.290 e. The van der Waals surface area contributed by atoms with E-state index in [-0.39, 0.29) is 22.4 Å². The Hall–Kier alpha value is -1.81. The molecular formula is C11H6ClIN4O3. The second-order valence-electron chi connectivity index (χ2n) is 3.58. The van der Waals surface area contributed by atoms with E-state index < -0.39 is 10.8 Å². The summed E-state index contributed by atoms with van der Waals surface area (Å²) in [5, 5.41) is 13.3. The summed E-state index contributed by atoms with van der Waals surface area (Å²) in [5.41, 5.74) is 0.00551. The van der Waals surface area contributed by atoms with Crippen LogP contribution in [0.1, 0.15) is 10.4 Å². The number of carbonyl (C=O) groups is 1. The summed E-state index contributed by atoms with van der Waals surface area (Å²) in [6, 6.07) is 5.48. The molecule has 1 heterocycles. The molecular weight excluding hydrogens is 399 g/mol. The molecule has 0 aliphatic rings. The molecule has 2 rings (SSSR count). The molecule has 0 aliphatic heterocycles. The van der Waals surface area contributed by atoms with E-state index in [1.165, 1.54) is 30.5 Å². The molecule has 2 aromatic rings. The van der Waals surface area contributed by atoms with Gasteiger partial charge in [-0.25, -0.2) is 9.97 Å². The van der Waals surface area contributed by atoms with E-state index in [0.29, 0.717) is 3.57 Å². The maximum Gasteiger partial charge on any atom is 0.270 e. The lowest BCUT2D eigenvalue weighted by atomic mass is 10.2. The maximum atomic E-state index is 12.1. The van der Waals surface area contributed by atoms with Crippen molar-refractivity contribution in [2.75, 3.05) is 5.32 Å². The number of carbonyl (C=O) groups excluding carboxylic acids is 1. The second-order valence-corrected chi connectivity index (χ2v) is 5.13. The molecule has 20 heavy (non-hydrogen) atoms. The van der Waals surface area contributed by atoms with Crippen LogP contribution in [0.15, 0.2) is 30.5 Å². The third-order valence-corrected chi connectivity index (χ3v) is 3.40. The number of amides is 1. The van der Waals surface area contributed by atoms with Gasteiger partial charge in [-0.2, -0.15) is 0 Å². The second kappa shape index (κ2) is 6.09. The topological polar surface area (TPSA) is 98.0 Å². The van der Waals surface area contributed by atoms with Crippen molar-refractivity contribution in [3.8, 4) is 0 Å². The van der Waals surface area contributed by atoms with Crippen LogP contribution in [-0.2, 0) is 0 Å². The van der Waals surface area contributed by atoms with Crippen LogP contribution >= 0.6 is 34.2 Å². The molecule has 9 heteroatoms. The van der Waals surface area contributed by atoms with E-state index in [9.17, 15) is 14.9 Å². The number of hydrogen-bond donors (Lipinski definition) is 1. The minimum atomic E-state index is -0.567. The SMILES string of the molecule is O=C(Nc1nccc(Cl)n1)c1cc([N+](=O)[O-])ccc1I. The van der Waals surface area contributed by atoms with Gasteiger partial charge in [-0.1, -0.05) is 11.6 Å². The molecule has 0 unspecified atom stereocenters. The van der Waals surface area contributed by atoms with Gasteiger partial charge in [-0.3, -0.25) is 20.2 Å². The van der Waals surface area contributed by atoms with E-state index in [1.54, 1.807) is 0 Å². The van der Waals surface area contributed by atoms with Crippen molar-refractivity contribution in [2.45, 2.75) is 0 Å². The molecule has 1 amide bonds. The normalized spacial score (nSPS) is 10.1. The van der Waals surface area contributed by atoms with Crippen molar-refractivity contribution < 1.29 is 9.72 Å². The Morgan fingerprint density at radius 2 is 2.15 bits per heavy atom. The molecule has 0 radical (unpaired) electrons. The quantitative estimate of drug-likeness (QED) is 0.367. The van der Waals surface area contributed by atoms with E-state index in [4.69, 9.17) is 11.6 Å². The first-order valence-corrected chi connectivity index (χ1v) is 6.67.